The number of aryl methyl sites for hydroxylation is 2. The molecule has 3 rings (SSSR count). The second-order valence-corrected chi connectivity index (χ2v) is 8.94. The number of phenolic OH excluding ortho intramolecular Hbond substituents is 1. The van der Waals surface area contributed by atoms with Crippen LogP contribution < -0.4 is 20.4 Å². The Balaban J connectivity index is 1.96. The highest BCUT2D eigenvalue weighted by atomic mass is 16.4. The second kappa shape index (κ2) is 11.5. The molecule has 1 aliphatic rings. The number of aldehydes is 1. The van der Waals surface area contributed by atoms with Gasteiger partial charge in [0.2, 0.25) is 11.8 Å². The van der Waals surface area contributed by atoms with E-state index in [-0.39, 0.29) is 29.8 Å². The summed E-state index contributed by atoms with van der Waals surface area (Å²) in [6.45, 7) is 3.73. The third-order valence-corrected chi connectivity index (χ3v) is 6.04. The minimum absolute atomic E-state index is 0.0408. The zero-order chi connectivity index (χ0) is 28.1. The van der Waals surface area contributed by atoms with Gasteiger partial charge in [-0.2, -0.15) is 0 Å². The lowest BCUT2D eigenvalue weighted by Gasteiger charge is -2.25. The van der Waals surface area contributed by atoms with E-state index in [1.54, 1.807) is 32.0 Å². The SMILES string of the molecule is CC(=O)N1C[C@H](NC(=O)c2cc(C)c(O)c(C)c2)C(=O)N(CC(=O)N[C@H](C=O)CC(=O)O)c2ccccc21. The molecule has 38 heavy (non-hydrogen) atoms. The highest BCUT2D eigenvalue weighted by molar-refractivity contribution is 6.10. The summed E-state index contributed by atoms with van der Waals surface area (Å²) in [5.74, 6) is -3.79. The average molecular weight is 525 g/mol. The Hall–Kier alpha value is -4.74. The summed E-state index contributed by atoms with van der Waals surface area (Å²) in [5, 5.41) is 23.9. The number of phenols is 1. The number of carboxylic acid groups (broad SMARTS) is 1. The molecule has 2 aromatic rings. The zero-order valence-corrected chi connectivity index (χ0v) is 21.1. The second-order valence-electron chi connectivity index (χ2n) is 8.94. The summed E-state index contributed by atoms with van der Waals surface area (Å²) in [5.41, 5.74) is 1.66. The van der Waals surface area contributed by atoms with Crippen LogP contribution >= 0.6 is 0 Å². The van der Waals surface area contributed by atoms with Gasteiger partial charge < -0.3 is 30.5 Å². The molecule has 0 aliphatic carbocycles. The molecular formula is C26H28N4O8. The van der Waals surface area contributed by atoms with Crippen molar-refractivity contribution in [2.24, 2.45) is 0 Å². The molecule has 4 N–H and O–H groups in total. The van der Waals surface area contributed by atoms with E-state index in [9.17, 15) is 33.9 Å². The molecule has 0 fully saturated rings. The van der Waals surface area contributed by atoms with Gasteiger partial charge in [-0.05, 0) is 49.2 Å². The number of carbonyl (C=O) groups excluding carboxylic acids is 5. The number of nitrogens with one attached hydrogen (secondary N) is 2. The predicted octanol–water partition coefficient (Wildman–Crippen LogP) is 0.666. The Morgan fingerprint density at radius 3 is 2.26 bits per heavy atom. The van der Waals surface area contributed by atoms with Crippen LogP contribution in [0.3, 0.4) is 0 Å². The van der Waals surface area contributed by atoms with Gasteiger partial charge in [-0.25, -0.2) is 0 Å². The molecule has 0 spiro atoms. The van der Waals surface area contributed by atoms with Crippen LogP contribution in [0.5, 0.6) is 5.75 Å². The van der Waals surface area contributed by atoms with Crippen LogP contribution in [-0.4, -0.2) is 71.3 Å². The number of anilines is 2. The molecule has 0 aromatic heterocycles. The lowest BCUT2D eigenvalue weighted by molar-refractivity contribution is -0.139. The first-order valence-corrected chi connectivity index (χ1v) is 11.7. The molecule has 4 amide bonds. The monoisotopic (exact) mass is 524 g/mol. The molecule has 12 heteroatoms. The van der Waals surface area contributed by atoms with Crippen LogP contribution in [-0.2, 0) is 24.0 Å². The molecule has 0 saturated heterocycles. The Morgan fingerprint density at radius 1 is 1.11 bits per heavy atom. The first-order valence-electron chi connectivity index (χ1n) is 11.7. The number of hydrogen-bond acceptors (Lipinski definition) is 7. The van der Waals surface area contributed by atoms with Crippen molar-refractivity contribution in [2.45, 2.75) is 39.3 Å². The van der Waals surface area contributed by atoms with Crippen molar-refractivity contribution in [1.29, 1.82) is 0 Å². The topological polar surface area (TPSA) is 173 Å². The quantitative estimate of drug-likeness (QED) is 0.365. The number of para-hydroxylation sites is 2. The molecule has 0 unspecified atom stereocenters. The van der Waals surface area contributed by atoms with Crippen molar-refractivity contribution >= 4 is 47.3 Å². The Labute approximate surface area is 218 Å². The number of amides is 4. The Bertz CT molecular complexity index is 1280. The minimum Gasteiger partial charge on any atom is -0.507 e. The van der Waals surface area contributed by atoms with Gasteiger partial charge >= 0.3 is 5.97 Å². The lowest BCUT2D eigenvalue weighted by atomic mass is 10.0. The van der Waals surface area contributed by atoms with Gasteiger partial charge in [0, 0.05) is 12.5 Å². The highest BCUT2D eigenvalue weighted by Gasteiger charge is 2.37. The molecule has 200 valence electrons. The fraction of sp³-hybridized carbons (Fsp3) is 0.308. The van der Waals surface area contributed by atoms with Crippen molar-refractivity contribution < 1.29 is 39.0 Å². The largest absolute Gasteiger partial charge is 0.507 e. The number of nitrogens with zero attached hydrogens (tertiary/aromatic N) is 2. The van der Waals surface area contributed by atoms with E-state index in [1.165, 1.54) is 30.0 Å². The lowest BCUT2D eigenvalue weighted by Crippen LogP contribution is -2.54. The number of hydrogen-bond donors (Lipinski definition) is 4. The molecule has 1 heterocycles. The summed E-state index contributed by atoms with van der Waals surface area (Å²) in [6.07, 6.45) is -0.353. The summed E-state index contributed by atoms with van der Waals surface area (Å²) < 4.78 is 0. The summed E-state index contributed by atoms with van der Waals surface area (Å²) in [4.78, 5) is 76.7. The van der Waals surface area contributed by atoms with E-state index in [1.807, 2.05) is 0 Å². The normalized spacial score (nSPS) is 15.7. The van der Waals surface area contributed by atoms with E-state index in [0.29, 0.717) is 16.8 Å². The zero-order valence-electron chi connectivity index (χ0n) is 21.1. The standard InChI is InChI=1S/C26H28N4O8/c1-14-8-17(9-15(2)24(14)36)25(37)28-19-11-29(16(3)32)20-6-4-5-7-21(20)30(26(19)38)12-22(33)27-18(13-31)10-23(34)35/h4-9,13,18-19,36H,10-12H2,1-3H3,(H,27,33)(H,28,37)(H,34,35)/t18-,19-/m0/s1. The molecule has 0 bridgehead atoms. The van der Waals surface area contributed by atoms with Crippen LogP contribution in [0.4, 0.5) is 11.4 Å². The summed E-state index contributed by atoms with van der Waals surface area (Å²) in [7, 11) is 0. The number of carboxylic acids is 1. The number of aliphatic carboxylic acids is 1. The van der Waals surface area contributed by atoms with Crippen LogP contribution in [0.25, 0.3) is 0 Å². The molecular weight excluding hydrogens is 496 g/mol. The van der Waals surface area contributed by atoms with E-state index in [4.69, 9.17) is 5.11 Å². The maximum atomic E-state index is 13.7. The van der Waals surface area contributed by atoms with Gasteiger partial charge in [0.15, 0.2) is 0 Å². The Morgan fingerprint density at radius 2 is 1.71 bits per heavy atom. The third kappa shape index (κ3) is 6.14. The van der Waals surface area contributed by atoms with Crippen LogP contribution in [0.1, 0.15) is 34.8 Å². The number of fused-ring (bicyclic) bond motifs is 1. The van der Waals surface area contributed by atoms with Crippen LogP contribution in [0.2, 0.25) is 0 Å². The van der Waals surface area contributed by atoms with Gasteiger partial charge in [0.1, 0.15) is 24.6 Å². The molecule has 1 aliphatic heterocycles. The van der Waals surface area contributed by atoms with E-state index < -0.39 is 54.6 Å². The molecule has 0 radical (unpaired) electrons. The number of benzene rings is 2. The first-order chi connectivity index (χ1) is 17.9. The fourth-order valence-electron chi connectivity index (χ4n) is 4.20. The maximum Gasteiger partial charge on any atom is 0.305 e. The number of rotatable bonds is 8. The van der Waals surface area contributed by atoms with Crippen molar-refractivity contribution in [3.05, 3.63) is 53.1 Å². The highest BCUT2D eigenvalue weighted by Crippen LogP contribution is 2.33. The van der Waals surface area contributed by atoms with Crippen LogP contribution in [0, 0.1) is 13.8 Å². The molecule has 12 nitrogen and oxygen atoms in total. The van der Waals surface area contributed by atoms with Gasteiger partial charge in [-0.1, -0.05) is 12.1 Å². The van der Waals surface area contributed by atoms with Gasteiger partial charge in [0.25, 0.3) is 11.8 Å². The number of carbonyl (C=O) groups is 6. The fourth-order valence-corrected chi connectivity index (χ4v) is 4.20. The molecule has 2 aromatic carbocycles. The minimum atomic E-state index is -1.30. The Kier molecular flexibility index (Phi) is 8.46. The molecule has 2 atom stereocenters. The van der Waals surface area contributed by atoms with E-state index in [0.717, 1.165) is 4.90 Å². The predicted molar refractivity (Wildman–Crippen MR) is 136 cm³/mol. The van der Waals surface area contributed by atoms with Crippen molar-refractivity contribution in [3.8, 4) is 5.75 Å². The summed E-state index contributed by atoms with van der Waals surface area (Å²) >= 11 is 0. The smallest absolute Gasteiger partial charge is 0.305 e. The van der Waals surface area contributed by atoms with Crippen molar-refractivity contribution in [1.82, 2.24) is 10.6 Å². The average Bonchev–Trinajstić information content (AvgIpc) is 2.96. The van der Waals surface area contributed by atoms with Crippen molar-refractivity contribution in [3.63, 3.8) is 0 Å². The first kappa shape index (κ1) is 27.8. The van der Waals surface area contributed by atoms with Crippen molar-refractivity contribution in [2.75, 3.05) is 22.9 Å². The van der Waals surface area contributed by atoms with Gasteiger partial charge in [-0.15, -0.1) is 0 Å². The molecule has 0 saturated carbocycles. The van der Waals surface area contributed by atoms with Gasteiger partial charge in [-0.3, -0.25) is 28.9 Å². The number of aromatic hydroxyl groups is 1. The third-order valence-electron chi connectivity index (χ3n) is 6.04. The van der Waals surface area contributed by atoms with Crippen LogP contribution in [0.15, 0.2) is 36.4 Å². The van der Waals surface area contributed by atoms with Gasteiger partial charge in [0.05, 0.1) is 30.4 Å². The van der Waals surface area contributed by atoms with E-state index >= 15 is 0 Å². The van der Waals surface area contributed by atoms with E-state index in [2.05, 4.69) is 10.6 Å². The maximum absolute atomic E-state index is 13.7. The summed E-state index contributed by atoms with van der Waals surface area (Å²) in [6, 6.07) is 6.73.